The summed E-state index contributed by atoms with van der Waals surface area (Å²) < 4.78 is 12.7. The van der Waals surface area contributed by atoms with Crippen molar-refractivity contribution in [2.75, 3.05) is 36.6 Å². The molecule has 4 heterocycles. The summed E-state index contributed by atoms with van der Waals surface area (Å²) in [5.41, 5.74) is 1.88. The van der Waals surface area contributed by atoms with Crippen LogP contribution in [-0.2, 0) is 31.3 Å². The lowest BCUT2D eigenvalue weighted by Crippen LogP contribution is -2.52. The summed E-state index contributed by atoms with van der Waals surface area (Å²) in [5, 5.41) is 11.2. The fraction of sp³-hybridized carbons (Fsp3) is 0.447. The maximum absolute atomic E-state index is 15.1. The molecule has 0 saturated carbocycles. The zero-order valence-electron chi connectivity index (χ0n) is 28.2. The second-order valence-corrected chi connectivity index (χ2v) is 19.0. The predicted octanol–water partition coefficient (Wildman–Crippen LogP) is 4.57. The van der Waals surface area contributed by atoms with E-state index in [9.17, 15) is 14.7 Å². The number of benzene rings is 3. The molecule has 3 saturated heterocycles. The molecule has 3 fully saturated rings. The Hall–Kier alpha value is -3.99. The summed E-state index contributed by atoms with van der Waals surface area (Å²) in [6.45, 7) is 8.30. The van der Waals surface area contributed by atoms with Crippen LogP contribution in [-0.4, -0.2) is 74.8 Å². The Morgan fingerprint density at radius 1 is 1.04 bits per heavy atom. The Morgan fingerprint density at radius 2 is 1.79 bits per heavy atom. The van der Waals surface area contributed by atoms with Gasteiger partial charge in [0.1, 0.15) is 5.75 Å². The van der Waals surface area contributed by atoms with Gasteiger partial charge in [0.15, 0.2) is 5.60 Å². The van der Waals surface area contributed by atoms with Crippen LogP contribution >= 0.6 is 0 Å². The molecule has 5 atom stereocenters. The minimum atomic E-state index is -2.46. The molecule has 4 aliphatic rings. The van der Waals surface area contributed by atoms with Gasteiger partial charge in [0.25, 0.3) is 5.91 Å². The zero-order chi connectivity index (χ0) is 33.8. The molecule has 0 unspecified atom stereocenters. The Balaban J connectivity index is 1.34. The van der Waals surface area contributed by atoms with Crippen molar-refractivity contribution in [3.8, 4) is 5.75 Å². The van der Waals surface area contributed by atoms with E-state index in [1.165, 1.54) is 5.19 Å². The van der Waals surface area contributed by atoms with Gasteiger partial charge < -0.3 is 29.3 Å². The van der Waals surface area contributed by atoms with Crippen LogP contribution in [0.1, 0.15) is 43.7 Å². The lowest BCUT2D eigenvalue weighted by atomic mass is 9.82. The van der Waals surface area contributed by atoms with E-state index in [0.29, 0.717) is 26.1 Å². The molecule has 3 aromatic rings. The summed E-state index contributed by atoms with van der Waals surface area (Å²) in [6.07, 6.45) is 1.75. The third kappa shape index (κ3) is 5.16. The number of ether oxygens (including phenoxy) is 2. The van der Waals surface area contributed by atoms with E-state index in [1.807, 2.05) is 65.6 Å². The smallest absolute Gasteiger partial charge is 0.264 e. The second kappa shape index (κ2) is 12.5. The molecule has 1 N–H and O–H groups in total. The Labute approximate surface area is 283 Å². The number of nitrogens with zero attached hydrogens (tertiary/aromatic N) is 3. The lowest BCUT2D eigenvalue weighted by molar-refractivity contribution is -0.150. The Morgan fingerprint density at radius 3 is 2.44 bits per heavy atom. The van der Waals surface area contributed by atoms with Crippen molar-refractivity contribution in [2.45, 2.75) is 75.5 Å². The number of aliphatic hydroxyl groups excluding tert-OH is 1. The molecule has 0 bridgehead atoms. The summed E-state index contributed by atoms with van der Waals surface area (Å²) in [4.78, 5) is 47.1. The second-order valence-electron chi connectivity index (χ2n) is 14.3. The number of anilines is 2. The van der Waals surface area contributed by atoms with Gasteiger partial charge in [0.2, 0.25) is 11.8 Å². The van der Waals surface area contributed by atoms with Crippen molar-refractivity contribution >= 4 is 42.4 Å². The topological polar surface area (TPSA) is 99.6 Å². The van der Waals surface area contributed by atoms with Crippen molar-refractivity contribution in [1.29, 1.82) is 0 Å². The maximum Gasteiger partial charge on any atom is 0.264 e. The standard InChI is InChI=1S/C38H45N3O6Si/c1-25-36(48(3,4)30-15-13-29(46-2)14-16-30)33(22-35(44)39-19-8-11-28(39)24-42)47-38(25)31-21-27(40-20-18-34(40)43)12-17-32(31)41(37(38)45)23-26-9-6-5-7-10-26/h5-7,9-10,12-17,21,25,28,33,36,42H,8,11,18-20,22-24H2,1-4H3/t25-,28+,33+,36-,38+/m1/s1. The van der Waals surface area contributed by atoms with Crippen LogP contribution in [0.25, 0.3) is 0 Å². The zero-order valence-corrected chi connectivity index (χ0v) is 29.2. The first-order chi connectivity index (χ1) is 23.1. The van der Waals surface area contributed by atoms with Crippen LogP contribution < -0.4 is 19.7 Å². The molecule has 9 nitrogen and oxygen atoms in total. The van der Waals surface area contributed by atoms with Crippen molar-refractivity contribution < 1.29 is 29.0 Å². The molecule has 0 radical (unpaired) electrons. The quantitative estimate of drug-likeness (QED) is 0.265. The van der Waals surface area contributed by atoms with Crippen LogP contribution in [0.4, 0.5) is 11.4 Å². The number of aliphatic hydroxyl groups is 1. The van der Waals surface area contributed by atoms with Crippen LogP contribution in [0.2, 0.25) is 18.6 Å². The van der Waals surface area contributed by atoms with Crippen molar-refractivity contribution in [1.82, 2.24) is 4.90 Å². The summed E-state index contributed by atoms with van der Waals surface area (Å²) in [7, 11) is -0.806. The number of amides is 3. The van der Waals surface area contributed by atoms with Gasteiger partial charge in [-0.15, -0.1) is 0 Å². The molecule has 3 amide bonds. The number of fused-ring (bicyclic) bond motifs is 2. The normalized spacial score (nSPS) is 26.7. The highest BCUT2D eigenvalue weighted by molar-refractivity contribution is 6.91. The fourth-order valence-electron chi connectivity index (χ4n) is 8.82. The molecule has 0 aromatic heterocycles. The number of carbonyl (C=O) groups excluding carboxylic acids is 3. The molecule has 1 spiro atoms. The number of rotatable bonds is 9. The summed E-state index contributed by atoms with van der Waals surface area (Å²) >= 11 is 0. The summed E-state index contributed by atoms with van der Waals surface area (Å²) in [5.74, 6) is 0.386. The van der Waals surface area contributed by atoms with E-state index in [0.717, 1.165) is 41.1 Å². The van der Waals surface area contributed by atoms with E-state index in [4.69, 9.17) is 9.47 Å². The van der Waals surface area contributed by atoms with Crippen LogP contribution in [0.5, 0.6) is 5.75 Å². The van der Waals surface area contributed by atoms with E-state index < -0.39 is 19.8 Å². The molecule has 10 heteroatoms. The van der Waals surface area contributed by atoms with Gasteiger partial charge in [-0.1, -0.05) is 67.7 Å². The van der Waals surface area contributed by atoms with E-state index in [1.54, 1.807) is 16.9 Å². The van der Waals surface area contributed by atoms with Gasteiger partial charge in [0.05, 0.1) is 52.6 Å². The number of methoxy groups -OCH3 is 1. The first kappa shape index (κ1) is 32.5. The van der Waals surface area contributed by atoms with Crippen molar-refractivity contribution in [3.63, 3.8) is 0 Å². The predicted molar refractivity (Wildman–Crippen MR) is 187 cm³/mol. The highest BCUT2D eigenvalue weighted by Crippen LogP contribution is 2.60. The van der Waals surface area contributed by atoms with E-state index in [-0.39, 0.29) is 48.3 Å². The Bertz CT molecular complexity index is 1720. The number of hydrogen-bond donors (Lipinski definition) is 1. The average Bonchev–Trinajstić information content (AvgIpc) is 3.75. The average molecular weight is 668 g/mol. The minimum Gasteiger partial charge on any atom is -0.497 e. The largest absolute Gasteiger partial charge is 0.497 e. The molecule has 3 aromatic carbocycles. The molecule has 4 aliphatic heterocycles. The minimum absolute atomic E-state index is 0.0444. The van der Waals surface area contributed by atoms with E-state index >= 15 is 4.79 Å². The first-order valence-electron chi connectivity index (χ1n) is 17.1. The SMILES string of the molecule is COc1ccc([Si](C)(C)[C@H]2[C@H](CC(=O)N3CCC[C@H]3CO)O[C@@]3(C(=O)N(Cc4ccccc4)c4ccc(N5CCC5=O)cc43)[C@@H]2C)cc1. The van der Waals surface area contributed by atoms with Gasteiger partial charge in [-0.05, 0) is 54.3 Å². The molecular weight excluding hydrogens is 623 g/mol. The van der Waals surface area contributed by atoms with Crippen LogP contribution in [0.3, 0.4) is 0 Å². The highest BCUT2D eigenvalue weighted by atomic mass is 28.3. The Kier molecular flexibility index (Phi) is 8.46. The third-order valence-corrected chi connectivity index (χ3v) is 15.8. The van der Waals surface area contributed by atoms with E-state index in [2.05, 4.69) is 32.2 Å². The molecule has 7 rings (SSSR count). The molecule has 0 aliphatic carbocycles. The van der Waals surface area contributed by atoms with Crippen LogP contribution in [0, 0.1) is 5.92 Å². The number of β-lactam (4-membered cyclic amide) rings is 1. The first-order valence-corrected chi connectivity index (χ1v) is 20.2. The number of carbonyl (C=O) groups is 3. The lowest BCUT2D eigenvalue weighted by Gasteiger charge is -2.37. The van der Waals surface area contributed by atoms with Crippen molar-refractivity contribution in [3.05, 3.63) is 83.9 Å². The number of hydrogen-bond acceptors (Lipinski definition) is 6. The van der Waals surface area contributed by atoms with Crippen molar-refractivity contribution in [2.24, 2.45) is 5.92 Å². The summed E-state index contributed by atoms with van der Waals surface area (Å²) in [6, 6.07) is 23.8. The van der Waals surface area contributed by atoms with Gasteiger partial charge >= 0.3 is 0 Å². The monoisotopic (exact) mass is 667 g/mol. The highest BCUT2D eigenvalue weighted by Gasteiger charge is 2.66. The maximum atomic E-state index is 15.1. The van der Waals surface area contributed by atoms with Crippen LogP contribution in [0.15, 0.2) is 72.8 Å². The fourth-order valence-corrected chi connectivity index (χ4v) is 12.8. The third-order valence-electron chi connectivity index (χ3n) is 11.4. The van der Waals surface area contributed by atoms with Gasteiger partial charge in [0, 0.05) is 36.7 Å². The molecule has 252 valence electrons. The van der Waals surface area contributed by atoms with Gasteiger partial charge in [-0.2, -0.15) is 0 Å². The molecular formula is C38H45N3O6Si. The molecule has 48 heavy (non-hydrogen) atoms. The van der Waals surface area contributed by atoms with Gasteiger partial charge in [-0.3, -0.25) is 14.4 Å². The van der Waals surface area contributed by atoms with Gasteiger partial charge in [-0.25, -0.2) is 0 Å². The number of likely N-dealkylation sites (tertiary alicyclic amines) is 1.